The Hall–Kier alpha value is -4.07. The summed E-state index contributed by atoms with van der Waals surface area (Å²) in [4.78, 5) is 13.4. The van der Waals surface area contributed by atoms with Crippen LogP contribution >= 0.6 is 0 Å². The van der Waals surface area contributed by atoms with E-state index in [1.807, 2.05) is 6.08 Å². The second-order valence-electron chi connectivity index (χ2n) is 26.0. The molecule has 3 aliphatic heterocycles. The molecule has 1 amide bonds. The standard InChI is InChI=1S/C79H131NO18/c1-3-5-7-9-11-13-15-17-19-21-23-25-27-29-30-31-32-33-35-37-39-41-43-45-47-49-51-53-55-57-67(85)80-62(63(84)56-54-52-50-48-46-44-42-40-38-36-34-28-26-24-22-20-18-16-14-12-10-8-6-4-2)61-93-77-73(91)70(88)75(65(59-82)95-77)98-79-74(92)71(89)76(66(60-83)96-79)97-78-72(90)69(87)68(86)64(58-81)94-78/h5,7,11,13,17,19,23,25,29-30,32-33,37-40,43,45-46,48,54,56,62-66,68-79,81-84,86-92H,3-4,6,8-10,12,14-16,18,20-22,24,26-28,31,34-36,41-42,44,47,49-53,55,57-61H2,1-2H3,(H,80,85)/b7-5-,13-11-,19-17-,25-23-,30-29-,33-32-,39-37-,40-38+,45-43-,48-46+,56-54+. The Morgan fingerprint density at radius 1 is 0.378 bits per heavy atom. The lowest BCUT2D eigenvalue weighted by atomic mass is 9.96. The van der Waals surface area contributed by atoms with Crippen LogP contribution in [0.5, 0.6) is 0 Å². The number of aliphatic hydroxyl groups excluding tert-OH is 11. The van der Waals surface area contributed by atoms with E-state index in [9.17, 15) is 61.0 Å². The first kappa shape index (κ1) is 88.1. The van der Waals surface area contributed by atoms with Gasteiger partial charge in [0.25, 0.3) is 0 Å². The molecule has 3 aliphatic rings. The normalized spacial score (nSPS) is 27.5. The topological polar surface area (TPSA) is 307 Å². The molecule has 0 bridgehead atoms. The minimum atomic E-state index is -1.99. The Morgan fingerprint density at radius 2 is 0.714 bits per heavy atom. The summed E-state index contributed by atoms with van der Waals surface area (Å²) in [6.45, 7) is 1.57. The third-order valence-corrected chi connectivity index (χ3v) is 17.7. The smallest absolute Gasteiger partial charge is 0.220 e. The average Bonchev–Trinajstić information content (AvgIpc) is 0.784. The van der Waals surface area contributed by atoms with E-state index in [1.54, 1.807) is 6.08 Å². The third kappa shape index (κ3) is 38.8. The molecule has 3 saturated heterocycles. The monoisotopic (exact) mass is 1380 g/mol. The van der Waals surface area contributed by atoms with Gasteiger partial charge in [0.15, 0.2) is 18.9 Å². The molecular formula is C79H131NO18. The largest absolute Gasteiger partial charge is 0.394 e. The number of rotatable bonds is 56. The van der Waals surface area contributed by atoms with Crippen molar-refractivity contribution in [3.8, 4) is 0 Å². The Kier molecular flexibility index (Phi) is 52.6. The van der Waals surface area contributed by atoms with E-state index in [0.29, 0.717) is 12.8 Å². The number of hydrogen-bond donors (Lipinski definition) is 12. The van der Waals surface area contributed by atoms with Gasteiger partial charge < -0.3 is 89.9 Å². The summed E-state index contributed by atoms with van der Waals surface area (Å²) in [5.41, 5.74) is 0. The van der Waals surface area contributed by atoms with Gasteiger partial charge in [0.05, 0.1) is 38.6 Å². The van der Waals surface area contributed by atoms with Gasteiger partial charge in [0.2, 0.25) is 5.91 Å². The zero-order valence-electron chi connectivity index (χ0n) is 59.5. The molecule has 19 nitrogen and oxygen atoms in total. The number of unbranched alkanes of at least 4 members (excludes halogenated alkanes) is 20. The zero-order valence-corrected chi connectivity index (χ0v) is 59.5. The number of hydrogen-bond acceptors (Lipinski definition) is 18. The molecule has 0 saturated carbocycles. The molecule has 0 aliphatic carbocycles. The lowest BCUT2D eigenvalue weighted by Gasteiger charge is -2.48. The second-order valence-corrected chi connectivity index (χ2v) is 26.0. The number of carbonyl (C=O) groups is 1. The summed E-state index contributed by atoms with van der Waals surface area (Å²) < 4.78 is 34.3. The van der Waals surface area contributed by atoms with Gasteiger partial charge in [-0.3, -0.25) is 4.79 Å². The van der Waals surface area contributed by atoms with Crippen molar-refractivity contribution in [1.29, 1.82) is 0 Å². The Balaban J connectivity index is 1.45. The van der Waals surface area contributed by atoms with E-state index in [1.165, 1.54) is 89.9 Å². The van der Waals surface area contributed by atoms with Gasteiger partial charge in [0.1, 0.15) is 73.2 Å². The zero-order chi connectivity index (χ0) is 71.1. The molecule has 17 unspecified atom stereocenters. The Bertz CT molecular complexity index is 2290. The molecule has 0 aromatic heterocycles. The SMILES string of the molecule is CC/C=C\C/C=C\C/C=C\C/C=C\C/C=C\C/C=C\C/C=C\C/C=C\CCCCCCC(=O)NC(COC1OC(CO)C(OC2OC(CO)C(OC3OC(CO)C(O)C(O)C3O)C(O)C2O)C(O)C1O)C(O)/C=C/CC/C=C/CC/C=C/CCCCCCCCCCCCCCCC. The molecule has 0 aromatic rings. The molecule has 17 atom stereocenters. The van der Waals surface area contributed by atoms with Crippen LogP contribution in [-0.4, -0.2) is 193 Å². The van der Waals surface area contributed by atoms with E-state index in [-0.39, 0.29) is 12.3 Å². The van der Waals surface area contributed by atoms with E-state index < -0.39 is 131 Å². The number of amides is 1. The quantitative estimate of drug-likeness (QED) is 0.0199. The third-order valence-electron chi connectivity index (χ3n) is 17.7. The van der Waals surface area contributed by atoms with Crippen LogP contribution in [0.3, 0.4) is 0 Å². The van der Waals surface area contributed by atoms with Crippen LogP contribution in [0.4, 0.5) is 0 Å². The van der Waals surface area contributed by atoms with Gasteiger partial charge in [0, 0.05) is 6.42 Å². The fraction of sp³-hybridized carbons (Fsp3) is 0.709. The van der Waals surface area contributed by atoms with Crippen LogP contribution in [0, 0.1) is 0 Å². The van der Waals surface area contributed by atoms with Gasteiger partial charge >= 0.3 is 0 Å². The molecule has 19 heteroatoms. The van der Waals surface area contributed by atoms with Crippen molar-refractivity contribution < 1.29 is 89.4 Å². The highest BCUT2D eigenvalue weighted by Crippen LogP contribution is 2.33. The summed E-state index contributed by atoms with van der Waals surface area (Å²) in [5.74, 6) is -0.319. The minimum absolute atomic E-state index is 0.193. The van der Waals surface area contributed by atoms with Crippen LogP contribution in [0.25, 0.3) is 0 Å². The molecule has 0 spiro atoms. The van der Waals surface area contributed by atoms with Crippen LogP contribution < -0.4 is 5.32 Å². The van der Waals surface area contributed by atoms with Crippen molar-refractivity contribution in [2.45, 2.75) is 330 Å². The maximum absolute atomic E-state index is 13.4. The van der Waals surface area contributed by atoms with Gasteiger partial charge in [-0.25, -0.2) is 0 Å². The first-order chi connectivity index (χ1) is 47.8. The summed E-state index contributed by atoms with van der Waals surface area (Å²) >= 11 is 0. The first-order valence-corrected chi connectivity index (χ1v) is 37.4. The number of nitrogens with one attached hydrogen (secondary N) is 1. The minimum Gasteiger partial charge on any atom is -0.394 e. The maximum atomic E-state index is 13.4. The lowest BCUT2D eigenvalue weighted by molar-refractivity contribution is -0.379. The van der Waals surface area contributed by atoms with Crippen LogP contribution in [-0.2, 0) is 33.2 Å². The molecule has 3 heterocycles. The van der Waals surface area contributed by atoms with Crippen LogP contribution in [0.1, 0.15) is 226 Å². The van der Waals surface area contributed by atoms with Gasteiger partial charge in [-0.2, -0.15) is 0 Å². The predicted molar refractivity (Wildman–Crippen MR) is 387 cm³/mol. The van der Waals surface area contributed by atoms with E-state index in [2.05, 4.69) is 141 Å². The molecule has 0 radical (unpaired) electrons. The fourth-order valence-corrected chi connectivity index (χ4v) is 11.6. The molecule has 560 valence electrons. The fourth-order valence-electron chi connectivity index (χ4n) is 11.6. The number of allylic oxidation sites excluding steroid dienone is 21. The average molecular weight is 1380 g/mol. The highest BCUT2D eigenvalue weighted by Gasteiger charge is 2.53. The second kappa shape index (κ2) is 58.4. The maximum Gasteiger partial charge on any atom is 0.220 e. The molecule has 98 heavy (non-hydrogen) atoms. The van der Waals surface area contributed by atoms with Crippen molar-refractivity contribution in [3.63, 3.8) is 0 Å². The van der Waals surface area contributed by atoms with Gasteiger partial charge in [-0.1, -0.05) is 244 Å². The van der Waals surface area contributed by atoms with Crippen molar-refractivity contribution >= 4 is 5.91 Å². The van der Waals surface area contributed by atoms with Gasteiger partial charge in [-0.05, 0) is 109 Å². The molecule has 0 aromatic carbocycles. The molecule has 12 N–H and O–H groups in total. The van der Waals surface area contributed by atoms with Gasteiger partial charge in [-0.15, -0.1) is 0 Å². The van der Waals surface area contributed by atoms with Crippen molar-refractivity contribution in [2.24, 2.45) is 0 Å². The summed E-state index contributed by atoms with van der Waals surface area (Å²) in [5, 5.41) is 121. The highest BCUT2D eigenvalue weighted by atomic mass is 16.8. The van der Waals surface area contributed by atoms with E-state index in [0.717, 1.165) is 103 Å². The highest BCUT2D eigenvalue weighted by molar-refractivity contribution is 5.76. The number of ether oxygens (including phenoxy) is 6. The first-order valence-electron chi connectivity index (χ1n) is 37.4. The molecule has 3 rings (SSSR count). The molecular weight excluding hydrogens is 1250 g/mol. The van der Waals surface area contributed by atoms with Crippen molar-refractivity contribution in [1.82, 2.24) is 5.32 Å². The summed E-state index contributed by atoms with van der Waals surface area (Å²) in [7, 11) is 0. The number of aliphatic hydroxyl groups is 11. The van der Waals surface area contributed by atoms with Crippen LogP contribution in [0.15, 0.2) is 134 Å². The summed E-state index contributed by atoms with van der Waals surface area (Å²) in [6.07, 6.45) is 55.6. The lowest BCUT2D eigenvalue weighted by Crippen LogP contribution is -2.66. The van der Waals surface area contributed by atoms with Crippen LogP contribution in [0.2, 0.25) is 0 Å². The van der Waals surface area contributed by atoms with E-state index >= 15 is 0 Å². The Morgan fingerprint density at radius 3 is 1.14 bits per heavy atom. The predicted octanol–water partition coefficient (Wildman–Crippen LogP) is 11.3. The van der Waals surface area contributed by atoms with E-state index in [4.69, 9.17) is 28.4 Å². The summed E-state index contributed by atoms with van der Waals surface area (Å²) in [6, 6.07) is -1.02. The van der Waals surface area contributed by atoms with Crippen molar-refractivity contribution in [2.75, 3.05) is 26.4 Å². The van der Waals surface area contributed by atoms with Crippen molar-refractivity contribution in [3.05, 3.63) is 134 Å². The molecule has 3 fully saturated rings. The number of carbonyl (C=O) groups excluding carboxylic acids is 1. The Labute approximate surface area is 588 Å².